The van der Waals surface area contributed by atoms with Gasteiger partial charge in [-0.05, 0) is 57.9 Å². The summed E-state index contributed by atoms with van der Waals surface area (Å²) in [7, 11) is 0. The van der Waals surface area contributed by atoms with E-state index in [0.29, 0.717) is 0 Å². The van der Waals surface area contributed by atoms with E-state index in [0.717, 1.165) is 0 Å². The van der Waals surface area contributed by atoms with Gasteiger partial charge in [0.15, 0.2) is 0 Å². The van der Waals surface area contributed by atoms with Crippen LogP contribution in [-0.2, 0) is 0 Å². The van der Waals surface area contributed by atoms with Crippen molar-refractivity contribution in [2.75, 3.05) is 0 Å². The number of hydrogen-bond acceptors (Lipinski definition) is 0. The first-order chi connectivity index (χ1) is 16.9. The Morgan fingerprint density at radius 3 is 2.06 bits per heavy atom. The number of para-hydroxylation sites is 1. The molecule has 0 spiro atoms. The van der Waals surface area contributed by atoms with Crippen LogP contribution in [0.1, 0.15) is 0 Å². The van der Waals surface area contributed by atoms with E-state index in [1.807, 2.05) is 0 Å². The monoisotopic (exact) mass is 432 g/mol. The van der Waals surface area contributed by atoms with E-state index in [-0.39, 0.29) is 0 Å². The van der Waals surface area contributed by atoms with Gasteiger partial charge in [-0.3, -0.25) is 0 Å². The first-order valence-corrected chi connectivity index (χ1v) is 11.7. The highest BCUT2D eigenvalue weighted by Crippen LogP contribution is 2.41. The topological polar surface area (TPSA) is 20.7 Å². The van der Waals surface area contributed by atoms with E-state index in [4.69, 9.17) is 0 Å². The molecule has 2 aromatic heterocycles. The standard InChI is InChI=1S/C32H20N2/c1-2-11-23(12-3-1)34-28-17-15-25-30-24-13-7-6-8-20(24)14-16-27(30)33-32(25)31(28)26-18-21-9-4-5-10-22(21)19-29(26)34/h1-19,33H. The van der Waals surface area contributed by atoms with Crippen LogP contribution in [0.15, 0.2) is 115 Å². The molecule has 0 saturated heterocycles. The molecule has 34 heavy (non-hydrogen) atoms. The molecule has 8 rings (SSSR count). The van der Waals surface area contributed by atoms with Crippen molar-refractivity contribution in [3.63, 3.8) is 0 Å². The number of fused-ring (bicyclic) bond motifs is 10. The molecule has 0 bridgehead atoms. The summed E-state index contributed by atoms with van der Waals surface area (Å²) in [5.74, 6) is 0. The maximum atomic E-state index is 3.80. The first kappa shape index (κ1) is 17.9. The summed E-state index contributed by atoms with van der Waals surface area (Å²) in [5, 5.41) is 10.2. The number of aromatic nitrogens is 2. The molecule has 6 aromatic carbocycles. The first-order valence-electron chi connectivity index (χ1n) is 11.7. The van der Waals surface area contributed by atoms with Gasteiger partial charge in [0, 0.05) is 32.7 Å². The molecule has 8 aromatic rings. The predicted molar refractivity (Wildman–Crippen MR) is 145 cm³/mol. The summed E-state index contributed by atoms with van der Waals surface area (Å²) in [6.45, 7) is 0. The van der Waals surface area contributed by atoms with Crippen molar-refractivity contribution in [1.82, 2.24) is 9.55 Å². The molecule has 2 nitrogen and oxygen atoms in total. The maximum Gasteiger partial charge on any atom is 0.0566 e. The average molecular weight is 433 g/mol. The number of nitrogens with one attached hydrogen (secondary N) is 1. The zero-order valence-electron chi connectivity index (χ0n) is 18.4. The summed E-state index contributed by atoms with van der Waals surface area (Å²) in [6.07, 6.45) is 0. The molecule has 0 saturated carbocycles. The largest absolute Gasteiger partial charge is 0.354 e. The number of hydrogen-bond donors (Lipinski definition) is 1. The smallest absolute Gasteiger partial charge is 0.0566 e. The predicted octanol–water partition coefficient (Wildman–Crippen LogP) is 8.72. The summed E-state index contributed by atoms with van der Waals surface area (Å²) in [4.78, 5) is 3.80. The minimum absolute atomic E-state index is 1.18. The molecule has 0 aliphatic rings. The van der Waals surface area contributed by atoms with E-state index >= 15 is 0 Å². The molecule has 2 heterocycles. The molecule has 158 valence electrons. The number of benzene rings is 6. The molecule has 0 fully saturated rings. The highest BCUT2D eigenvalue weighted by Gasteiger charge is 2.18. The van der Waals surface area contributed by atoms with Crippen LogP contribution in [-0.4, -0.2) is 9.55 Å². The maximum absolute atomic E-state index is 3.80. The van der Waals surface area contributed by atoms with Gasteiger partial charge < -0.3 is 9.55 Å². The molecule has 0 atom stereocenters. The zero-order valence-corrected chi connectivity index (χ0v) is 18.4. The normalized spacial score (nSPS) is 12.1. The fourth-order valence-corrected chi connectivity index (χ4v) is 5.79. The number of aromatic amines is 1. The van der Waals surface area contributed by atoms with Crippen molar-refractivity contribution < 1.29 is 0 Å². The van der Waals surface area contributed by atoms with E-state index in [2.05, 4.69) is 125 Å². The fourth-order valence-electron chi connectivity index (χ4n) is 5.79. The van der Waals surface area contributed by atoms with Gasteiger partial charge in [-0.2, -0.15) is 0 Å². The number of H-pyrrole nitrogens is 1. The minimum Gasteiger partial charge on any atom is -0.354 e. The van der Waals surface area contributed by atoms with Crippen LogP contribution in [0.5, 0.6) is 0 Å². The van der Waals surface area contributed by atoms with Crippen molar-refractivity contribution in [3.05, 3.63) is 115 Å². The molecule has 0 amide bonds. The Morgan fingerprint density at radius 2 is 1.21 bits per heavy atom. The molecular formula is C32H20N2. The lowest BCUT2D eigenvalue weighted by Crippen LogP contribution is -1.93. The SMILES string of the molecule is c1ccc(-n2c3cc4ccccc4cc3c3c4[nH]c5ccc6ccccc6c5c4ccc32)cc1. The van der Waals surface area contributed by atoms with Gasteiger partial charge in [0.1, 0.15) is 0 Å². The van der Waals surface area contributed by atoms with Crippen molar-refractivity contribution >= 4 is 65.2 Å². The van der Waals surface area contributed by atoms with Gasteiger partial charge in [-0.15, -0.1) is 0 Å². The second-order valence-electron chi connectivity index (χ2n) is 9.10. The third-order valence-electron chi connectivity index (χ3n) is 7.27. The van der Waals surface area contributed by atoms with E-state index in [9.17, 15) is 0 Å². The zero-order chi connectivity index (χ0) is 22.2. The summed E-state index contributed by atoms with van der Waals surface area (Å²) in [5.41, 5.74) is 6.02. The molecule has 2 heteroatoms. The van der Waals surface area contributed by atoms with Crippen LogP contribution < -0.4 is 0 Å². The van der Waals surface area contributed by atoms with Gasteiger partial charge in [0.05, 0.1) is 16.6 Å². The third-order valence-corrected chi connectivity index (χ3v) is 7.27. The Kier molecular flexibility index (Phi) is 3.42. The molecule has 0 unspecified atom stereocenters. The molecule has 0 radical (unpaired) electrons. The van der Waals surface area contributed by atoms with Gasteiger partial charge in [-0.25, -0.2) is 0 Å². The van der Waals surface area contributed by atoms with Gasteiger partial charge in [0.25, 0.3) is 0 Å². The second kappa shape index (κ2) is 6.49. The lowest BCUT2D eigenvalue weighted by molar-refractivity contribution is 1.18. The van der Waals surface area contributed by atoms with E-state index < -0.39 is 0 Å². The van der Waals surface area contributed by atoms with Crippen molar-refractivity contribution in [2.24, 2.45) is 0 Å². The highest BCUT2D eigenvalue weighted by molar-refractivity contribution is 6.29. The minimum atomic E-state index is 1.18. The number of nitrogens with zero attached hydrogens (tertiary/aromatic N) is 1. The molecular weight excluding hydrogens is 412 g/mol. The lowest BCUT2D eigenvalue weighted by Gasteiger charge is -2.08. The van der Waals surface area contributed by atoms with Crippen molar-refractivity contribution in [3.8, 4) is 5.69 Å². The average Bonchev–Trinajstić information content (AvgIpc) is 3.43. The number of rotatable bonds is 1. The molecule has 0 aliphatic heterocycles. The van der Waals surface area contributed by atoms with Crippen LogP contribution in [0.25, 0.3) is 70.8 Å². The Morgan fingerprint density at radius 1 is 0.471 bits per heavy atom. The van der Waals surface area contributed by atoms with Crippen LogP contribution >= 0.6 is 0 Å². The van der Waals surface area contributed by atoms with E-state index in [1.54, 1.807) is 0 Å². The van der Waals surface area contributed by atoms with Crippen LogP contribution in [0.4, 0.5) is 0 Å². The van der Waals surface area contributed by atoms with Gasteiger partial charge >= 0.3 is 0 Å². The molecule has 0 aliphatic carbocycles. The summed E-state index contributed by atoms with van der Waals surface area (Å²) in [6, 6.07) is 41.7. The van der Waals surface area contributed by atoms with Crippen molar-refractivity contribution in [1.29, 1.82) is 0 Å². The Hall–Kier alpha value is -4.56. The lowest BCUT2D eigenvalue weighted by atomic mass is 10.0. The Balaban J connectivity index is 1.64. The van der Waals surface area contributed by atoms with Crippen LogP contribution in [0, 0.1) is 0 Å². The fraction of sp³-hybridized carbons (Fsp3) is 0. The van der Waals surface area contributed by atoms with Crippen molar-refractivity contribution in [2.45, 2.75) is 0 Å². The highest BCUT2D eigenvalue weighted by atomic mass is 15.0. The summed E-state index contributed by atoms with van der Waals surface area (Å²) < 4.78 is 2.40. The van der Waals surface area contributed by atoms with Gasteiger partial charge in [-0.1, -0.05) is 78.9 Å². The molecule has 1 N–H and O–H groups in total. The van der Waals surface area contributed by atoms with Crippen LogP contribution in [0.3, 0.4) is 0 Å². The Bertz CT molecular complexity index is 2060. The van der Waals surface area contributed by atoms with Gasteiger partial charge in [0.2, 0.25) is 0 Å². The van der Waals surface area contributed by atoms with Crippen LogP contribution in [0.2, 0.25) is 0 Å². The Labute approximate surface area is 195 Å². The second-order valence-corrected chi connectivity index (χ2v) is 9.10. The van der Waals surface area contributed by atoms with E-state index in [1.165, 1.54) is 70.8 Å². The quantitative estimate of drug-likeness (QED) is 0.268. The summed E-state index contributed by atoms with van der Waals surface area (Å²) >= 11 is 0. The third kappa shape index (κ3) is 2.29.